The molecule has 214 valence electrons. The van der Waals surface area contributed by atoms with E-state index in [2.05, 4.69) is 57.9 Å². The summed E-state index contributed by atoms with van der Waals surface area (Å²) in [5.74, 6) is 12.8. The lowest BCUT2D eigenvalue weighted by Crippen LogP contribution is -1.90. The van der Waals surface area contributed by atoms with Gasteiger partial charge in [0.1, 0.15) is 0 Å². The summed E-state index contributed by atoms with van der Waals surface area (Å²) in [6, 6.07) is 48.0. The maximum Gasteiger partial charge on any atom is 0.0893 e. The first-order valence-corrected chi connectivity index (χ1v) is 14.9. The second-order valence-corrected chi connectivity index (χ2v) is 10.5. The topological polar surface area (TPSA) is 51.6 Å². The summed E-state index contributed by atoms with van der Waals surface area (Å²) in [6.45, 7) is 0. The third-order valence-corrected chi connectivity index (χ3v) is 7.28. The van der Waals surface area contributed by atoms with Gasteiger partial charge in [0.15, 0.2) is 0 Å². The number of pyridine rings is 4. The van der Waals surface area contributed by atoms with Crippen LogP contribution in [0.3, 0.4) is 0 Å². The lowest BCUT2D eigenvalue weighted by atomic mass is 10.1. The van der Waals surface area contributed by atoms with Gasteiger partial charge in [-0.1, -0.05) is 96.5 Å². The zero-order valence-corrected chi connectivity index (χ0v) is 24.8. The van der Waals surface area contributed by atoms with E-state index < -0.39 is 0 Å². The lowest BCUT2D eigenvalue weighted by Gasteiger charge is -2.04. The van der Waals surface area contributed by atoms with Crippen LogP contribution in [0.4, 0.5) is 0 Å². The van der Waals surface area contributed by atoms with Crippen molar-refractivity contribution < 1.29 is 0 Å². The molecule has 0 unspecified atom stereocenters. The number of hydrogen-bond acceptors (Lipinski definition) is 4. The molecular weight excluding hydrogens is 560 g/mol. The molecule has 3 aromatic carbocycles. The Bertz CT molecular complexity index is 2060. The Morgan fingerprint density at radius 1 is 0.283 bits per heavy atom. The van der Waals surface area contributed by atoms with Gasteiger partial charge in [-0.05, 0) is 72.8 Å². The molecule has 0 atom stereocenters. The molecule has 46 heavy (non-hydrogen) atoms. The minimum absolute atomic E-state index is 0.810. The second-order valence-electron chi connectivity index (χ2n) is 10.5. The summed E-state index contributed by atoms with van der Waals surface area (Å²) in [5.41, 5.74) is 10.8. The monoisotopic (exact) mass is 586 g/mol. The molecule has 0 aliphatic heterocycles. The minimum Gasteiger partial charge on any atom is -0.253 e. The van der Waals surface area contributed by atoms with Gasteiger partial charge in [0.05, 0.1) is 34.2 Å². The van der Waals surface area contributed by atoms with Gasteiger partial charge in [0.25, 0.3) is 0 Å². The minimum atomic E-state index is 0.810. The molecule has 4 nitrogen and oxygen atoms in total. The van der Waals surface area contributed by atoms with Crippen LogP contribution in [-0.2, 0) is 0 Å². The molecule has 4 heterocycles. The van der Waals surface area contributed by atoms with Gasteiger partial charge < -0.3 is 0 Å². The van der Waals surface area contributed by atoms with Crippen molar-refractivity contribution in [3.8, 4) is 69.0 Å². The lowest BCUT2D eigenvalue weighted by molar-refractivity contribution is 1.24. The third kappa shape index (κ3) is 6.79. The van der Waals surface area contributed by atoms with Gasteiger partial charge in [-0.3, -0.25) is 9.97 Å². The quantitative estimate of drug-likeness (QED) is 0.194. The predicted octanol–water partition coefficient (Wildman–Crippen LogP) is 8.73. The molecule has 0 fully saturated rings. The van der Waals surface area contributed by atoms with Gasteiger partial charge in [-0.2, -0.15) is 0 Å². The van der Waals surface area contributed by atoms with Crippen molar-refractivity contribution in [2.24, 2.45) is 0 Å². The number of hydrogen-bond donors (Lipinski definition) is 0. The van der Waals surface area contributed by atoms with Gasteiger partial charge in [-0.15, -0.1) is 0 Å². The maximum absolute atomic E-state index is 4.79. The predicted molar refractivity (Wildman–Crippen MR) is 184 cm³/mol. The van der Waals surface area contributed by atoms with Gasteiger partial charge in [0, 0.05) is 45.8 Å². The number of rotatable bonds is 4. The highest BCUT2D eigenvalue weighted by molar-refractivity contribution is 5.65. The van der Waals surface area contributed by atoms with Crippen molar-refractivity contribution in [3.05, 3.63) is 180 Å². The Morgan fingerprint density at radius 2 is 0.652 bits per heavy atom. The number of nitrogens with zero attached hydrogens (tertiary/aromatic N) is 4. The summed E-state index contributed by atoms with van der Waals surface area (Å²) in [7, 11) is 0. The van der Waals surface area contributed by atoms with Crippen molar-refractivity contribution in [2.45, 2.75) is 0 Å². The van der Waals surface area contributed by atoms with E-state index in [1.807, 2.05) is 121 Å². The van der Waals surface area contributed by atoms with E-state index in [1.54, 1.807) is 12.4 Å². The first-order chi connectivity index (χ1) is 22.8. The summed E-state index contributed by atoms with van der Waals surface area (Å²) in [6.07, 6.45) is 3.57. The number of aromatic nitrogens is 4. The van der Waals surface area contributed by atoms with Crippen molar-refractivity contribution >= 4 is 0 Å². The molecule has 4 aromatic heterocycles. The van der Waals surface area contributed by atoms with Crippen LogP contribution < -0.4 is 0 Å². The average molecular weight is 587 g/mol. The zero-order valence-electron chi connectivity index (χ0n) is 24.8. The Balaban J connectivity index is 0.992. The summed E-state index contributed by atoms with van der Waals surface area (Å²) in [4.78, 5) is 18.8. The van der Waals surface area contributed by atoms with Crippen LogP contribution in [0.25, 0.3) is 45.3 Å². The number of benzene rings is 3. The average Bonchev–Trinajstić information content (AvgIpc) is 3.15. The largest absolute Gasteiger partial charge is 0.253 e. The highest BCUT2D eigenvalue weighted by atomic mass is 14.8. The van der Waals surface area contributed by atoms with E-state index in [4.69, 9.17) is 9.97 Å². The third-order valence-electron chi connectivity index (χ3n) is 7.28. The molecule has 0 saturated heterocycles. The molecule has 0 spiro atoms. The molecule has 0 radical (unpaired) electrons. The fourth-order valence-corrected chi connectivity index (χ4v) is 4.86. The van der Waals surface area contributed by atoms with E-state index in [9.17, 15) is 0 Å². The summed E-state index contributed by atoms with van der Waals surface area (Å²) >= 11 is 0. The Kier molecular flexibility index (Phi) is 8.17. The van der Waals surface area contributed by atoms with Crippen LogP contribution in [-0.4, -0.2) is 19.9 Å². The SMILES string of the molecule is C(#Cc1ccc(-c2cccc(-c3ccccc3)n2)nc1)c1ccc(C#Cc2ccc(-c3cccc(-c4ccccc4)n3)nc2)cc1. The van der Waals surface area contributed by atoms with E-state index in [1.165, 1.54) is 0 Å². The van der Waals surface area contributed by atoms with Crippen molar-refractivity contribution in [1.82, 2.24) is 19.9 Å². The van der Waals surface area contributed by atoms with E-state index in [0.29, 0.717) is 0 Å². The molecular formula is C42H26N4. The fraction of sp³-hybridized carbons (Fsp3) is 0. The Morgan fingerprint density at radius 3 is 1.04 bits per heavy atom. The summed E-state index contributed by atoms with van der Waals surface area (Å²) < 4.78 is 0. The molecule has 0 bridgehead atoms. The smallest absolute Gasteiger partial charge is 0.0893 e. The molecule has 0 N–H and O–H groups in total. The first-order valence-electron chi connectivity index (χ1n) is 14.9. The fourth-order valence-electron chi connectivity index (χ4n) is 4.86. The van der Waals surface area contributed by atoms with Crippen LogP contribution >= 0.6 is 0 Å². The maximum atomic E-state index is 4.79. The van der Waals surface area contributed by atoms with Gasteiger partial charge in [0.2, 0.25) is 0 Å². The Hall–Kier alpha value is -6.62. The van der Waals surface area contributed by atoms with E-state index in [-0.39, 0.29) is 0 Å². The van der Waals surface area contributed by atoms with Crippen molar-refractivity contribution in [1.29, 1.82) is 0 Å². The zero-order chi connectivity index (χ0) is 31.0. The van der Waals surface area contributed by atoms with Crippen molar-refractivity contribution in [3.63, 3.8) is 0 Å². The molecule has 4 heteroatoms. The van der Waals surface area contributed by atoms with E-state index >= 15 is 0 Å². The van der Waals surface area contributed by atoms with Crippen LogP contribution in [0.5, 0.6) is 0 Å². The van der Waals surface area contributed by atoms with Gasteiger partial charge in [-0.25, -0.2) is 9.97 Å². The van der Waals surface area contributed by atoms with Crippen molar-refractivity contribution in [2.75, 3.05) is 0 Å². The second kappa shape index (κ2) is 13.3. The Labute approximate surface area is 268 Å². The van der Waals surface area contributed by atoms with Crippen LogP contribution in [0.1, 0.15) is 22.3 Å². The highest BCUT2D eigenvalue weighted by Crippen LogP contribution is 2.23. The standard InChI is InChI=1S/C42H26N4/c1-3-9-35(10-4-1)37-13-7-15-41(45-37)39-27-25-33(29-43-39)23-21-31-17-19-32(20-18-31)22-24-34-26-28-40(44-30-34)42-16-8-14-38(46-42)36-11-5-2-6-12-36/h1-20,25-30H. The molecule has 0 aliphatic carbocycles. The highest BCUT2D eigenvalue weighted by Gasteiger charge is 2.06. The molecule has 0 saturated carbocycles. The van der Waals surface area contributed by atoms with Crippen LogP contribution in [0.15, 0.2) is 158 Å². The molecule has 7 aromatic rings. The van der Waals surface area contributed by atoms with Crippen LogP contribution in [0.2, 0.25) is 0 Å². The van der Waals surface area contributed by atoms with E-state index in [0.717, 1.165) is 67.5 Å². The molecule has 0 amide bonds. The summed E-state index contributed by atoms with van der Waals surface area (Å²) in [5, 5.41) is 0. The molecule has 0 aliphatic rings. The van der Waals surface area contributed by atoms with Gasteiger partial charge >= 0.3 is 0 Å². The molecule has 7 rings (SSSR count). The first kappa shape index (κ1) is 28.2. The van der Waals surface area contributed by atoms with Crippen LogP contribution in [0, 0.1) is 23.7 Å². The normalized spacial score (nSPS) is 10.3.